The van der Waals surface area contributed by atoms with Crippen LogP contribution in [0.2, 0.25) is 5.02 Å². The van der Waals surface area contributed by atoms with Gasteiger partial charge in [-0.25, -0.2) is 4.98 Å². The Morgan fingerprint density at radius 3 is 2.48 bits per heavy atom. The molecule has 0 aliphatic carbocycles. The van der Waals surface area contributed by atoms with E-state index < -0.39 is 0 Å². The minimum Gasteiger partial charge on any atom is -0.331 e. The topological polar surface area (TPSA) is 58.4 Å². The van der Waals surface area contributed by atoms with Crippen LogP contribution in [0.25, 0.3) is 10.9 Å². The lowest BCUT2D eigenvalue weighted by molar-refractivity contribution is -0.138. The number of carbonyl (C=O) groups is 1. The maximum atomic E-state index is 13.6. The molecule has 0 saturated carbocycles. The summed E-state index contributed by atoms with van der Waals surface area (Å²) >= 11 is 6.11. The molecule has 0 bridgehead atoms. The monoisotopic (exact) mass is 448 g/mol. The lowest BCUT2D eigenvalue weighted by atomic mass is 9.97. The van der Waals surface area contributed by atoms with Crippen LogP contribution in [0.5, 0.6) is 0 Å². The number of nitrogens with zero attached hydrogens (tertiary/aromatic N) is 4. The van der Waals surface area contributed by atoms with Crippen LogP contribution in [0.3, 0.4) is 0 Å². The minimum absolute atomic E-state index is 0.00868. The Labute approximate surface area is 191 Å². The number of likely N-dealkylation sites (N-methyl/N-ethyl adjacent to an activating group) is 1. The summed E-state index contributed by atoms with van der Waals surface area (Å²) in [5, 5.41) is 1.02. The number of hydrogen-bond donors (Lipinski definition) is 0. The minimum atomic E-state index is -0.309. The van der Waals surface area contributed by atoms with Gasteiger partial charge < -0.3 is 9.80 Å². The second-order valence-corrected chi connectivity index (χ2v) is 8.88. The van der Waals surface area contributed by atoms with E-state index in [1.54, 1.807) is 22.8 Å². The number of aromatic nitrogens is 2. The molecule has 0 radical (unpaired) electrons. The van der Waals surface area contributed by atoms with Crippen LogP contribution in [0.15, 0.2) is 23.0 Å². The Morgan fingerprint density at radius 2 is 1.90 bits per heavy atom. The molecule has 2 unspecified atom stereocenters. The average Bonchev–Trinajstić information content (AvgIpc) is 2.74. The molecule has 6 nitrogen and oxygen atoms in total. The molecule has 1 amide bonds. The number of halogens is 1. The number of carbonyl (C=O) groups excluding carboxylic acids is 1. The summed E-state index contributed by atoms with van der Waals surface area (Å²) in [6, 6.07) is 4.88. The van der Waals surface area contributed by atoms with E-state index in [0.717, 1.165) is 32.2 Å². The van der Waals surface area contributed by atoms with E-state index >= 15 is 0 Å². The zero-order valence-corrected chi connectivity index (χ0v) is 20.6. The first-order chi connectivity index (χ1) is 14.7. The highest BCUT2D eigenvalue weighted by atomic mass is 35.5. The molecule has 0 saturated heterocycles. The lowest BCUT2D eigenvalue weighted by Gasteiger charge is -2.34. The Hall–Kier alpha value is -1.92. The van der Waals surface area contributed by atoms with Crippen molar-refractivity contribution in [2.75, 3.05) is 27.2 Å². The number of rotatable bonds is 11. The quantitative estimate of drug-likeness (QED) is 0.498. The van der Waals surface area contributed by atoms with Crippen molar-refractivity contribution in [3.63, 3.8) is 0 Å². The molecule has 1 aromatic carbocycles. The molecule has 7 heteroatoms. The molecule has 0 spiro atoms. The van der Waals surface area contributed by atoms with E-state index in [1.807, 2.05) is 32.8 Å². The SMILES string of the molecule is CCCCC(CC)C(=O)N(CCN(C)C)C(C)c1nc2ccc(Cl)cc2c(=O)n1CC. The van der Waals surface area contributed by atoms with Crippen molar-refractivity contribution in [3.05, 3.63) is 39.4 Å². The number of hydrogen-bond acceptors (Lipinski definition) is 4. The first kappa shape index (κ1) is 25.3. The zero-order chi connectivity index (χ0) is 23.1. The van der Waals surface area contributed by atoms with Gasteiger partial charge in [0.2, 0.25) is 5.91 Å². The third-order valence-corrected chi connectivity index (χ3v) is 6.16. The highest BCUT2D eigenvalue weighted by molar-refractivity contribution is 6.31. The zero-order valence-electron chi connectivity index (χ0n) is 19.8. The standard InChI is InChI=1S/C24H37ClN4O2/c1-7-10-11-18(8-2)23(30)29(15-14-27(5)6)17(4)22-26-21-13-12-19(25)16-20(21)24(31)28(22)9-3/h12-13,16-18H,7-11,14-15H2,1-6H3. The Kier molecular flexibility index (Phi) is 9.51. The van der Waals surface area contributed by atoms with E-state index in [0.29, 0.717) is 34.8 Å². The van der Waals surface area contributed by atoms with Crippen molar-refractivity contribution >= 4 is 28.4 Å². The molecule has 31 heavy (non-hydrogen) atoms. The number of benzene rings is 1. The van der Waals surface area contributed by atoms with Gasteiger partial charge in [-0.3, -0.25) is 14.2 Å². The van der Waals surface area contributed by atoms with Crippen molar-refractivity contribution in [3.8, 4) is 0 Å². The lowest BCUT2D eigenvalue weighted by Crippen LogP contribution is -2.43. The largest absolute Gasteiger partial charge is 0.331 e. The number of amides is 1. The fourth-order valence-electron chi connectivity index (χ4n) is 3.96. The first-order valence-electron chi connectivity index (χ1n) is 11.4. The molecule has 0 aliphatic rings. The smallest absolute Gasteiger partial charge is 0.261 e. The first-order valence-corrected chi connectivity index (χ1v) is 11.8. The molecular formula is C24H37ClN4O2. The highest BCUT2D eigenvalue weighted by Crippen LogP contribution is 2.25. The van der Waals surface area contributed by atoms with Gasteiger partial charge in [0.15, 0.2) is 0 Å². The molecule has 0 fully saturated rings. The molecular weight excluding hydrogens is 412 g/mol. The van der Waals surface area contributed by atoms with Crippen LogP contribution in [0.1, 0.15) is 65.2 Å². The predicted molar refractivity (Wildman–Crippen MR) is 129 cm³/mol. The van der Waals surface area contributed by atoms with Crippen molar-refractivity contribution in [1.29, 1.82) is 0 Å². The summed E-state index contributed by atoms with van der Waals surface area (Å²) in [7, 11) is 4.00. The van der Waals surface area contributed by atoms with Crippen molar-refractivity contribution < 1.29 is 4.79 Å². The Morgan fingerprint density at radius 1 is 1.19 bits per heavy atom. The van der Waals surface area contributed by atoms with E-state index in [1.165, 1.54) is 0 Å². The van der Waals surface area contributed by atoms with E-state index in [2.05, 4.69) is 18.7 Å². The van der Waals surface area contributed by atoms with Crippen molar-refractivity contribution in [2.24, 2.45) is 5.92 Å². The third kappa shape index (κ3) is 6.07. The molecule has 1 aromatic heterocycles. The van der Waals surface area contributed by atoms with E-state index in [-0.39, 0.29) is 23.4 Å². The van der Waals surface area contributed by atoms with Gasteiger partial charge in [0.25, 0.3) is 5.56 Å². The van der Waals surface area contributed by atoms with Crippen LogP contribution < -0.4 is 5.56 Å². The third-order valence-electron chi connectivity index (χ3n) is 5.92. The molecule has 2 rings (SSSR count). The van der Waals surface area contributed by atoms with Crippen molar-refractivity contribution in [2.45, 2.75) is 66.0 Å². The van der Waals surface area contributed by atoms with E-state index in [9.17, 15) is 9.59 Å². The van der Waals surface area contributed by atoms with Gasteiger partial charge >= 0.3 is 0 Å². The fraction of sp³-hybridized carbons (Fsp3) is 0.625. The number of fused-ring (bicyclic) bond motifs is 1. The normalized spacial score (nSPS) is 13.5. The molecule has 0 N–H and O–H groups in total. The molecule has 172 valence electrons. The Bertz CT molecular complexity index is 941. The van der Waals surface area contributed by atoms with Crippen LogP contribution in [0.4, 0.5) is 0 Å². The second kappa shape index (κ2) is 11.6. The molecule has 1 heterocycles. The van der Waals surface area contributed by atoms with Crippen LogP contribution in [0, 0.1) is 5.92 Å². The van der Waals surface area contributed by atoms with Crippen molar-refractivity contribution in [1.82, 2.24) is 19.4 Å². The summed E-state index contributed by atoms with van der Waals surface area (Å²) < 4.78 is 1.67. The summed E-state index contributed by atoms with van der Waals surface area (Å²) in [5.41, 5.74) is 0.494. The van der Waals surface area contributed by atoms with Crippen LogP contribution in [-0.2, 0) is 11.3 Å². The summed E-state index contributed by atoms with van der Waals surface area (Å²) in [5.74, 6) is 0.767. The second-order valence-electron chi connectivity index (χ2n) is 8.44. The maximum absolute atomic E-state index is 13.6. The maximum Gasteiger partial charge on any atom is 0.261 e. The number of unbranched alkanes of at least 4 members (excludes halogenated alkanes) is 1. The average molecular weight is 449 g/mol. The van der Waals surface area contributed by atoms with Gasteiger partial charge in [-0.05, 0) is 59.0 Å². The van der Waals surface area contributed by atoms with E-state index in [4.69, 9.17) is 16.6 Å². The summed E-state index contributed by atoms with van der Waals surface area (Å²) in [6.07, 6.45) is 3.81. The van der Waals surface area contributed by atoms with Gasteiger partial charge in [-0.2, -0.15) is 0 Å². The highest BCUT2D eigenvalue weighted by Gasteiger charge is 2.29. The van der Waals surface area contributed by atoms with Crippen LogP contribution >= 0.6 is 11.6 Å². The fourth-order valence-corrected chi connectivity index (χ4v) is 4.14. The Balaban J connectivity index is 2.53. The summed E-state index contributed by atoms with van der Waals surface area (Å²) in [6.45, 7) is 9.96. The molecule has 0 aliphatic heterocycles. The van der Waals surface area contributed by atoms with Gasteiger partial charge in [-0.15, -0.1) is 0 Å². The molecule has 2 aromatic rings. The van der Waals surface area contributed by atoms with Gasteiger partial charge in [0, 0.05) is 30.6 Å². The predicted octanol–water partition coefficient (Wildman–Crippen LogP) is 4.74. The van der Waals surface area contributed by atoms with Gasteiger partial charge in [0.1, 0.15) is 5.82 Å². The van der Waals surface area contributed by atoms with Gasteiger partial charge in [-0.1, -0.05) is 38.3 Å². The van der Waals surface area contributed by atoms with Gasteiger partial charge in [0.05, 0.1) is 16.9 Å². The van der Waals surface area contributed by atoms with Crippen LogP contribution in [-0.4, -0.2) is 52.4 Å². The molecule has 2 atom stereocenters. The summed E-state index contributed by atoms with van der Waals surface area (Å²) in [4.78, 5) is 35.6.